The van der Waals surface area contributed by atoms with Crippen LogP contribution >= 0.6 is 39.9 Å². The molecule has 1 aliphatic rings. The van der Waals surface area contributed by atoms with Crippen LogP contribution in [0.2, 0.25) is 0 Å². The van der Waals surface area contributed by atoms with Crippen molar-refractivity contribution in [2.45, 2.75) is 6.54 Å². The summed E-state index contributed by atoms with van der Waals surface area (Å²) >= 11 is 10.0. The number of thioether (sulfide) groups is 1. The zero-order chi connectivity index (χ0) is 23.4. The van der Waals surface area contributed by atoms with Crippen molar-refractivity contribution in [1.29, 1.82) is 0 Å². The number of rotatable bonds is 6. The highest BCUT2D eigenvalue weighted by molar-refractivity contribution is 9.10. The Morgan fingerprint density at radius 3 is 2.58 bits per heavy atom. The standard InChI is InChI=1S/C25H18BrNO4S2/c1-30-21-12-17(10-11-20(21)31-24(29)18-8-5-9-19(26)14-18)13-22-23(28)27(25(32)33-22)15-16-6-3-2-4-7-16/h2-14H,15H2,1H3. The average molecular weight is 540 g/mol. The molecular weight excluding hydrogens is 522 g/mol. The maximum atomic E-state index is 12.9. The van der Waals surface area contributed by atoms with Crippen LogP contribution < -0.4 is 9.47 Å². The molecule has 0 spiro atoms. The highest BCUT2D eigenvalue weighted by Gasteiger charge is 2.32. The van der Waals surface area contributed by atoms with Gasteiger partial charge in [-0.3, -0.25) is 9.69 Å². The van der Waals surface area contributed by atoms with E-state index in [1.54, 1.807) is 47.4 Å². The summed E-state index contributed by atoms with van der Waals surface area (Å²) in [6.07, 6.45) is 1.76. The van der Waals surface area contributed by atoms with Gasteiger partial charge in [0.25, 0.3) is 5.91 Å². The summed E-state index contributed by atoms with van der Waals surface area (Å²) in [5.74, 6) is 0.0326. The molecule has 1 fully saturated rings. The number of halogens is 1. The van der Waals surface area contributed by atoms with Gasteiger partial charge < -0.3 is 9.47 Å². The lowest BCUT2D eigenvalue weighted by atomic mass is 10.1. The minimum absolute atomic E-state index is 0.141. The fraction of sp³-hybridized carbons (Fsp3) is 0.0800. The molecule has 1 amide bonds. The van der Waals surface area contributed by atoms with Crippen molar-refractivity contribution in [2.75, 3.05) is 7.11 Å². The second kappa shape index (κ2) is 10.3. The fourth-order valence-corrected chi connectivity index (χ4v) is 4.84. The van der Waals surface area contributed by atoms with Crippen LogP contribution in [0.5, 0.6) is 11.5 Å². The molecule has 0 N–H and O–H groups in total. The molecule has 8 heteroatoms. The number of hydrogen-bond donors (Lipinski definition) is 0. The van der Waals surface area contributed by atoms with Gasteiger partial charge >= 0.3 is 5.97 Å². The zero-order valence-electron chi connectivity index (χ0n) is 17.5. The van der Waals surface area contributed by atoms with Crippen LogP contribution in [0.4, 0.5) is 0 Å². The maximum absolute atomic E-state index is 12.9. The monoisotopic (exact) mass is 539 g/mol. The van der Waals surface area contributed by atoms with E-state index >= 15 is 0 Å². The number of ether oxygens (including phenoxy) is 2. The molecule has 1 saturated heterocycles. The quantitative estimate of drug-likeness (QED) is 0.164. The number of amides is 1. The molecule has 5 nitrogen and oxygen atoms in total. The Kier molecular flexibility index (Phi) is 7.27. The SMILES string of the molecule is COc1cc(C=C2SC(=S)N(Cc3ccccc3)C2=O)ccc1OC(=O)c1cccc(Br)c1. The molecule has 33 heavy (non-hydrogen) atoms. The smallest absolute Gasteiger partial charge is 0.343 e. The van der Waals surface area contributed by atoms with Crippen LogP contribution in [0.15, 0.2) is 82.2 Å². The molecule has 1 aliphatic heterocycles. The molecule has 166 valence electrons. The van der Waals surface area contributed by atoms with Crippen LogP contribution in [0.1, 0.15) is 21.5 Å². The predicted molar refractivity (Wildman–Crippen MR) is 137 cm³/mol. The number of thiocarbonyl (C=S) groups is 1. The fourth-order valence-electron chi connectivity index (χ4n) is 3.19. The zero-order valence-corrected chi connectivity index (χ0v) is 20.7. The van der Waals surface area contributed by atoms with E-state index in [1.807, 2.05) is 36.4 Å². The van der Waals surface area contributed by atoms with E-state index in [-0.39, 0.29) is 11.7 Å². The molecule has 0 unspecified atom stereocenters. The van der Waals surface area contributed by atoms with Gasteiger partial charge in [0, 0.05) is 4.47 Å². The topological polar surface area (TPSA) is 55.8 Å². The largest absolute Gasteiger partial charge is 0.493 e. The molecule has 0 atom stereocenters. The van der Waals surface area contributed by atoms with E-state index in [4.69, 9.17) is 21.7 Å². The van der Waals surface area contributed by atoms with Crippen molar-refractivity contribution in [3.8, 4) is 11.5 Å². The summed E-state index contributed by atoms with van der Waals surface area (Å²) in [7, 11) is 1.49. The maximum Gasteiger partial charge on any atom is 0.343 e. The summed E-state index contributed by atoms with van der Waals surface area (Å²) in [4.78, 5) is 27.5. The molecule has 1 heterocycles. The molecule has 0 bridgehead atoms. The van der Waals surface area contributed by atoms with E-state index < -0.39 is 5.97 Å². The van der Waals surface area contributed by atoms with Gasteiger partial charge in [0.15, 0.2) is 11.5 Å². The highest BCUT2D eigenvalue weighted by atomic mass is 79.9. The van der Waals surface area contributed by atoms with Crippen molar-refractivity contribution in [3.05, 3.63) is 98.9 Å². The molecule has 3 aromatic carbocycles. The van der Waals surface area contributed by atoms with Gasteiger partial charge in [0.2, 0.25) is 0 Å². The Bertz CT molecular complexity index is 1260. The number of benzene rings is 3. The van der Waals surface area contributed by atoms with Crippen molar-refractivity contribution in [3.63, 3.8) is 0 Å². The Labute approximate surface area is 209 Å². The lowest BCUT2D eigenvalue weighted by molar-refractivity contribution is -0.122. The lowest BCUT2D eigenvalue weighted by Crippen LogP contribution is -2.27. The predicted octanol–water partition coefficient (Wildman–Crippen LogP) is 6.08. The number of carbonyl (C=O) groups excluding carboxylic acids is 2. The first-order valence-corrected chi connectivity index (χ1v) is 11.9. The van der Waals surface area contributed by atoms with Crippen LogP contribution in [-0.2, 0) is 11.3 Å². The average Bonchev–Trinajstić information content (AvgIpc) is 3.08. The Morgan fingerprint density at radius 1 is 1.06 bits per heavy atom. The first-order valence-electron chi connectivity index (χ1n) is 9.89. The summed E-state index contributed by atoms with van der Waals surface area (Å²) in [5, 5.41) is 0. The van der Waals surface area contributed by atoms with E-state index in [9.17, 15) is 9.59 Å². The number of carbonyl (C=O) groups is 2. The van der Waals surface area contributed by atoms with E-state index in [0.29, 0.717) is 27.1 Å². The number of nitrogens with zero attached hydrogens (tertiary/aromatic N) is 1. The second-order valence-electron chi connectivity index (χ2n) is 7.06. The van der Waals surface area contributed by atoms with Crippen molar-refractivity contribution < 1.29 is 19.1 Å². The second-order valence-corrected chi connectivity index (χ2v) is 9.66. The van der Waals surface area contributed by atoms with Crippen molar-refractivity contribution >= 4 is 62.2 Å². The van der Waals surface area contributed by atoms with Crippen LogP contribution in [0, 0.1) is 0 Å². The molecule has 4 rings (SSSR count). The van der Waals surface area contributed by atoms with E-state index in [1.165, 1.54) is 18.9 Å². The molecule has 0 saturated carbocycles. The Balaban J connectivity index is 1.52. The van der Waals surface area contributed by atoms with Gasteiger partial charge in [0.1, 0.15) is 4.32 Å². The molecule has 3 aromatic rings. The first kappa shape index (κ1) is 23.2. The van der Waals surface area contributed by atoms with Crippen molar-refractivity contribution in [1.82, 2.24) is 4.90 Å². The number of esters is 1. The summed E-state index contributed by atoms with van der Waals surface area (Å²) in [5.41, 5.74) is 2.15. The normalized spacial score (nSPS) is 14.6. The van der Waals surface area contributed by atoms with Crippen LogP contribution in [0.25, 0.3) is 6.08 Å². The van der Waals surface area contributed by atoms with Crippen LogP contribution in [0.3, 0.4) is 0 Å². The van der Waals surface area contributed by atoms with Gasteiger partial charge in [-0.05, 0) is 47.5 Å². The first-order chi connectivity index (χ1) is 15.9. The molecule has 0 aliphatic carbocycles. The minimum atomic E-state index is -0.496. The third-order valence-corrected chi connectivity index (χ3v) is 6.68. The Morgan fingerprint density at radius 2 is 1.85 bits per heavy atom. The lowest BCUT2D eigenvalue weighted by Gasteiger charge is -2.14. The molecule has 0 aromatic heterocycles. The number of hydrogen-bond acceptors (Lipinski definition) is 6. The third kappa shape index (κ3) is 5.52. The van der Waals surface area contributed by atoms with Crippen LogP contribution in [-0.4, -0.2) is 28.2 Å². The van der Waals surface area contributed by atoms with Gasteiger partial charge in [-0.2, -0.15) is 0 Å². The summed E-state index contributed by atoms with van der Waals surface area (Å²) in [6.45, 7) is 0.427. The minimum Gasteiger partial charge on any atom is -0.493 e. The van der Waals surface area contributed by atoms with Gasteiger partial charge in [0.05, 0.1) is 24.1 Å². The third-order valence-electron chi connectivity index (χ3n) is 4.81. The number of methoxy groups -OCH3 is 1. The molecular formula is C25H18BrNO4S2. The summed E-state index contributed by atoms with van der Waals surface area (Å²) < 4.78 is 12.2. The summed E-state index contributed by atoms with van der Waals surface area (Å²) in [6, 6.07) is 21.8. The Hall–Kier alpha value is -2.94. The van der Waals surface area contributed by atoms with Gasteiger partial charge in [-0.1, -0.05) is 82.4 Å². The highest BCUT2D eigenvalue weighted by Crippen LogP contribution is 2.35. The van der Waals surface area contributed by atoms with Crippen molar-refractivity contribution in [2.24, 2.45) is 0 Å². The van der Waals surface area contributed by atoms with E-state index in [2.05, 4.69) is 15.9 Å². The van der Waals surface area contributed by atoms with Gasteiger partial charge in [-0.15, -0.1) is 0 Å². The molecule has 0 radical (unpaired) electrons. The van der Waals surface area contributed by atoms with E-state index in [0.717, 1.165) is 15.6 Å². The van der Waals surface area contributed by atoms with Gasteiger partial charge in [-0.25, -0.2) is 4.79 Å².